The number of nitrogens with zero attached hydrogens (tertiary/aromatic N) is 5. The first-order chi connectivity index (χ1) is 11.7. The molecule has 1 aliphatic rings. The fourth-order valence-corrected chi connectivity index (χ4v) is 2.68. The number of rotatable bonds is 5. The molecule has 0 amide bonds. The minimum Gasteiger partial charge on any atom is -0.364 e. The number of nitrogens with one attached hydrogen (secondary N) is 2. The number of aliphatic imine (C=N–C) groups is 1. The lowest BCUT2D eigenvalue weighted by atomic mass is 10.1. The molecule has 0 bridgehead atoms. The molecule has 9 heteroatoms. The number of halogens is 1. The normalized spacial score (nSPS) is 17.1. The van der Waals surface area contributed by atoms with E-state index in [0.29, 0.717) is 12.5 Å². The van der Waals surface area contributed by atoms with Crippen LogP contribution >= 0.6 is 24.0 Å². The highest BCUT2D eigenvalue weighted by Gasteiger charge is 2.23. The number of guanidine groups is 1. The van der Waals surface area contributed by atoms with E-state index in [-0.39, 0.29) is 30.0 Å². The predicted molar refractivity (Wildman–Crippen MR) is 106 cm³/mol. The molecule has 0 fully saturated rings. The van der Waals surface area contributed by atoms with E-state index in [9.17, 15) is 0 Å². The maximum atomic E-state index is 4.84. The van der Waals surface area contributed by atoms with Gasteiger partial charge in [0.25, 0.3) is 0 Å². The van der Waals surface area contributed by atoms with Crippen molar-refractivity contribution in [2.75, 3.05) is 6.54 Å². The van der Waals surface area contributed by atoms with Crippen molar-refractivity contribution in [2.24, 2.45) is 4.99 Å². The van der Waals surface area contributed by atoms with Crippen molar-refractivity contribution in [1.82, 2.24) is 30.6 Å². The molecule has 0 saturated heterocycles. The molecule has 0 radical (unpaired) electrons. The Balaban J connectivity index is 0.00000225. The molecule has 0 aromatic carbocycles. The Hall–Kier alpha value is -1.65. The Labute approximate surface area is 164 Å². The number of hydrogen-bond donors (Lipinski definition) is 2. The van der Waals surface area contributed by atoms with Crippen LogP contribution in [0.3, 0.4) is 0 Å². The summed E-state index contributed by atoms with van der Waals surface area (Å²) in [5.41, 5.74) is 0.816. The van der Waals surface area contributed by atoms with Gasteiger partial charge in [0.1, 0.15) is 17.8 Å². The standard InChI is InChI=1S/C16H25N7O.HI/c1-4-17-16(18-9-12-7-8-24-22-12)19-13-5-6-14-20-15(11(2)3)21-23(14)10-13;/h7-8,11,13H,4-6,9-10H2,1-3H3,(H2,17,18,19);1H. The third kappa shape index (κ3) is 5.16. The van der Waals surface area contributed by atoms with Gasteiger partial charge in [0.05, 0.1) is 13.1 Å². The second kappa shape index (κ2) is 9.16. The van der Waals surface area contributed by atoms with Gasteiger partial charge in [-0.25, -0.2) is 14.7 Å². The van der Waals surface area contributed by atoms with Crippen LogP contribution in [-0.2, 0) is 19.5 Å². The van der Waals surface area contributed by atoms with Crippen LogP contribution in [0.1, 0.15) is 50.5 Å². The predicted octanol–water partition coefficient (Wildman–Crippen LogP) is 2.08. The molecule has 0 aliphatic carbocycles. The molecule has 2 N–H and O–H groups in total. The van der Waals surface area contributed by atoms with Crippen LogP contribution in [0.2, 0.25) is 0 Å². The zero-order valence-electron chi connectivity index (χ0n) is 14.9. The van der Waals surface area contributed by atoms with E-state index >= 15 is 0 Å². The molecule has 1 unspecified atom stereocenters. The first-order valence-corrected chi connectivity index (χ1v) is 8.53. The minimum absolute atomic E-state index is 0. The van der Waals surface area contributed by atoms with Crippen molar-refractivity contribution in [3.63, 3.8) is 0 Å². The van der Waals surface area contributed by atoms with E-state index in [1.165, 1.54) is 0 Å². The Morgan fingerprint density at radius 3 is 3.00 bits per heavy atom. The molecule has 2 aromatic rings. The molecule has 1 atom stereocenters. The second-order valence-electron chi connectivity index (χ2n) is 6.29. The van der Waals surface area contributed by atoms with Gasteiger partial charge in [0.2, 0.25) is 0 Å². The van der Waals surface area contributed by atoms with Crippen molar-refractivity contribution in [3.05, 3.63) is 29.7 Å². The first kappa shape index (κ1) is 19.7. The zero-order chi connectivity index (χ0) is 16.9. The van der Waals surface area contributed by atoms with Crippen LogP contribution in [0.5, 0.6) is 0 Å². The van der Waals surface area contributed by atoms with Gasteiger partial charge in [0.15, 0.2) is 11.8 Å². The van der Waals surface area contributed by atoms with E-state index in [0.717, 1.165) is 49.2 Å². The van der Waals surface area contributed by atoms with E-state index in [2.05, 4.69) is 51.6 Å². The number of fused-ring (bicyclic) bond motifs is 1. The fraction of sp³-hybridized carbons (Fsp3) is 0.625. The lowest BCUT2D eigenvalue weighted by molar-refractivity contribution is 0.391. The summed E-state index contributed by atoms with van der Waals surface area (Å²) >= 11 is 0. The molecule has 25 heavy (non-hydrogen) atoms. The van der Waals surface area contributed by atoms with Gasteiger partial charge in [-0.15, -0.1) is 24.0 Å². The van der Waals surface area contributed by atoms with Crippen molar-refractivity contribution < 1.29 is 4.52 Å². The van der Waals surface area contributed by atoms with E-state index in [4.69, 9.17) is 4.52 Å². The topological polar surface area (TPSA) is 93.2 Å². The lowest BCUT2D eigenvalue weighted by Crippen LogP contribution is -2.47. The number of hydrogen-bond acceptors (Lipinski definition) is 5. The molecule has 8 nitrogen and oxygen atoms in total. The summed E-state index contributed by atoms with van der Waals surface area (Å²) < 4.78 is 6.86. The molecule has 2 aromatic heterocycles. The third-order valence-electron chi connectivity index (χ3n) is 3.97. The quantitative estimate of drug-likeness (QED) is 0.404. The average molecular weight is 459 g/mol. The maximum absolute atomic E-state index is 4.84. The summed E-state index contributed by atoms with van der Waals surface area (Å²) in [7, 11) is 0. The first-order valence-electron chi connectivity index (χ1n) is 8.53. The summed E-state index contributed by atoms with van der Waals surface area (Å²) in [5.74, 6) is 3.16. The minimum atomic E-state index is 0. The maximum Gasteiger partial charge on any atom is 0.191 e. The second-order valence-corrected chi connectivity index (χ2v) is 6.29. The molecule has 1 aliphatic heterocycles. The van der Waals surface area contributed by atoms with Crippen LogP contribution in [0.25, 0.3) is 0 Å². The van der Waals surface area contributed by atoms with E-state index in [1.54, 1.807) is 6.26 Å². The van der Waals surface area contributed by atoms with Gasteiger partial charge in [-0.05, 0) is 13.3 Å². The van der Waals surface area contributed by atoms with Crippen molar-refractivity contribution in [1.29, 1.82) is 0 Å². The van der Waals surface area contributed by atoms with E-state index < -0.39 is 0 Å². The highest BCUT2D eigenvalue weighted by Crippen LogP contribution is 2.16. The van der Waals surface area contributed by atoms with Crippen molar-refractivity contribution in [2.45, 2.75) is 58.7 Å². The summed E-state index contributed by atoms with van der Waals surface area (Å²) in [6.07, 6.45) is 3.51. The van der Waals surface area contributed by atoms with Gasteiger partial charge in [0, 0.05) is 31.0 Å². The molecule has 138 valence electrons. The van der Waals surface area contributed by atoms with Crippen LogP contribution in [0.4, 0.5) is 0 Å². The molecular weight excluding hydrogens is 433 g/mol. The van der Waals surface area contributed by atoms with Gasteiger partial charge >= 0.3 is 0 Å². The lowest BCUT2D eigenvalue weighted by Gasteiger charge is -2.25. The van der Waals surface area contributed by atoms with Gasteiger partial charge in [-0.3, -0.25) is 0 Å². The molecule has 3 rings (SSSR count). The van der Waals surface area contributed by atoms with Gasteiger partial charge in [-0.2, -0.15) is 5.10 Å². The van der Waals surface area contributed by atoms with Crippen LogP contribution < -0.4 is 10.6 Å². The fourth-order valence-electron chi connectivity index (χ4n) is 2.68. The summed E-state index contributed by atoms with van der Waals surface area (Å²) in [4.78, 5) is 9.20. The van der Waals surface area contributed by atoms with Crippen LogP contribution in [0, 0.1) is 0 Å². The average Bonchev–Trinajstić information content (AvgIpc) is 3.21. The Morgan fingerprint density at radius 2 is 2.32 bits per heavy atom. The molecule has 3 heterocycles. The highest BCUT2D eigenvalue weighted by molar-refractivity contribution is 14.0. The van der Waals surface area contributed by atoms with Gasteiger partial charge < -0.3 is 15.2 Å². The highest BCUT2D eigenvalue weighted by atomic mass is 127. The van der Waals surface area contributed by atoms with Crippen molar-refractivity contribution >= 4 is 29.9 Å². The van der Waals surface area contributed by atoms with Crippen LogP contribution in [0.15, 0.2) is 21.8 Å². The third-order valence-corrected chi connectivity index (χ3v) is 3.97. The Bertz CT molecular complexity index is 681. The molecular formula is C16H26IN7O. The number of aryl methyl sites for hydroxylation is 1. The SMILES string of the molecule is CCNC(=NCc1ccon1)NC1CCc2nc(C(C)C)nn2C1.I. The van der Waals surface area contributed by atoms with Crippen molar-refractivity contribution in [3.8, 4) is 0 Å². The summed E-state index contributed by atoms with van der Waals surface area (Å²) in [5, 5.41) is 15.3. The zero-order valence-corrected chi connectivity index (χ0v) is 17.2. The summed E-state index contributed by atoms with van der Waals surface area (Å²) in [6, 6.07) is 2.11. The van der Waals surface area contributed by atoms with Crippen LogP contribution in [-0.4, -0.2) is 38.5 Å². The number of aromatic nitrogens is 4. The van der Waals surface area contributed by atoms with Gasteiger partial charge in [-0.1, -0.05) is 19.0 Å². The Morgan fingerprint density at radius 1 is 1.48 bits per heavy atom. The Kier molecular flexibility index (Phi) is 7.21. The molecule has 0 spiro atoms. The monoisotopic (exact) mass is 459 g/mol. The smallest absolute Gasteiger partial charge is 0.191 e. The largest absolute Gasteiger partial charge is 0.364 e. The van der Waals surface area contributed by atoms with E-state index in [1.807, 2.05) is 10.7 Å². The summed E-state index contributed by atoms with van der Waals surface area (Å²) in [6.45, 7) is 8.41. The molecule has 0 saturated carbocycles.